The lowest BCUT2D eigenvalue weighted by Gasteiger charge is -2.16. The van der Waals surface area contributed by atoms with Gasteiger partial charge in [-0.15, -0.1) is 0 Å². The number of amides is 2. The Bertz CT molecular complexity index is 778. The molecule has 0 spiro atoms. The minimum absolute atomic E-state index is 0.0433. The molecule has 2 rings (SSSR count). The quantitative estimate of drug-likeness (QED) is 0.680. The molecule has 0 saturated heterocycles. The molecule has 0 aliphatic heterocycles. The fourth-order valence-electron chi connectivity index (χ4n) is 2.44. The van der Waals surface area contributed by atoms with Crippen LogP contribution in [0.4, 0.5) is 0 Å². The molecule has 7 heteroatoms. The molecule has 2 aromatic rings. The topological polar surface area (TPSA) is 84.5 Å². The number of hydrogen-bond acceptors (Lipinski definition) is 4. The number of hydrogen-bond donors (Lipinski definition) is 2. The van der Waals surface area contributed by atoms with Gasteiger partial charge in [-0.1, -0.05) is 41.9 Å². The minimum atomic E-state index is -0.781. The Morgan fingerprint density at radius 1 is 1.04 bits per heavy atom. The van der Waals surface area contributed by atoms with Crippen molar-refractivity contribution in [3.63, 3.8) is 0 Å². The van der Waals surface area contributed by atoms with Gasteiger partial charge >= 0.3 is 5.97 Å². The van der Waals surface area contributed by atoms with Crippen LogP contribution in [0.1, 0.15) is 22.3 Å². The molecule has 27 heavy (non-hydrogen) atoms. The summed E-state index contributed by atoms with van der Waals surface area (Å²) >= 11 is 5.78. The third-order valence-corrected chi connectivity index (χ3v) is 4.10. The van der Waals surface area contributed by atoms with Crippen molar-refractivity contribution >= 4 is 29.4 Å². The van der Waals surface area contributed by atoms with E-state index in [1.54, 1.807) is 24.3 Å². The van der Waals surface area contributed by atoms with Crippen LogP contribution < -0.4 is 10.6 Å². The molecule has 0 radical (unpaired) electrons. The van der Waals surface area contributed by atoms with Crippen molar-refractivity contribution in [3.05, 3.63) is 70.7 Å². The molecular formula is C20H21ClN2O4. The van der Waals surface area contributed by atoms with Crippen LogP contribution in [0.2, 0.25) is 5.02 Å². The predicted octanol–water partition coefficient (Wildman–Crippen LogP) is 2.36. The highest BCUT2D eigenvalue weighted by Crippen LogP contribution is 2.09. The van der Waals surface area contributed by atoms with Gasteiger partial charge in [-0.25, -0.2) is 4.79 Å². The largest absolute Gasteiger partial charge is 0.467 e. The van der Waals surface area contributed by atoms with E-state index in [1.165, 1.54) is 7.11 Å². The van der Waals surface area contributed by atoms with Crippen molar-refractivity contribution in [2.45, 2.75) is 18.9 Å². The van der Waals surface area contributed by atoms with E-state index in [9.17, 15) is 14.4 Å². The minimum Gasteiger partial charge on any atom is -0.467 e. The van der Waals surface area contributed by atoms with Gasteiger partial charge in [0.2, 0.25) is 5.91 Å². The summed E-state index contributed by atoms with van der Waals surface area (Å²) in [5.41, 5.74) is 1.36. The molecule has 0 fully saturated rings. The molecule has 0 saturated carbocycles. The summed E-state index contributed by atoms with van der Waals surface area (Å²) in [6, 6.07) is 15.0. The van der Waals surface area contributed by atoms with Crippen molar-refractivity contribution < 1.29 is 19.1 Å². The summed E-state index contributed by atoms with van der Waals surface area (Å²) in [5, 5.41) is 5.85. The van der Waals surface area contributed by atoms with Crippen LogP contribution in [0.15, 0.2) is 54.6 Å². The van der Waals surface area contributed by atoms with Crippen molar-refractivity contribution in [2.24, 2.45) is 0 Å². The van der Waals surface area contributed by atoms with Crippen LogP contribution in [0.25, 0.3) is 0 Å². The van der Waals surface area contributed by atoms with Gasteiger partial charge in [0.25, 0.3) is 5.91 Å². The normalized spacial score (nSPS) is 11.3. The Morgan fingerprint density at radius 2 is 1.70 bits per heavy atom. The fraction of sp³-hybridized carbons (Fsp3) is 0.250. The maximum Gasteiger partial charge on any atom is 0.328 e. The summed E-state index contributed by atoms with van der Waals surface area (Å²) in [6.07, 6.45) is 0.373. The lowest BCUT2D eigenvalue weighted by atomic mass is 10.1. The fourth-order valence-corrected chi connectivity index (χ4v) is 2.57. The van der Waals surface area contributed by atoms with E-state index >= 15 is 0 Å². The molecule has 2 aromatic carbocycles. The van der Waals surface area contributed by atoms with E-state index in [4.69, 9.17) is 16.3 Å². The lowest BCUT2D eigenvalue weighted by molar-refractivity contribution is -0.145. The van der Waals surface area contributed by atoms with E-state index < -0.39 is 12.0 Å². The first-order valence-electron chi connectivity index (χ1n) is 8.44. The van der Waals surface area contributed by atoms with Gasteiger partial charge in [0.15, 0.2) is 0 Å². The number of carbonyl (C=O) groups excluding carboxylic acids is 3. The number of rotatable bonds is 8. The number of halogens is 1. The zero-order chi connectivity index (χ0) is 19.6. The number of methoxy groups -OCH3 is 1. The number of nitrogens with one attached hydrogen (secondary N) is 2. The van der Waals surface area contributed by atoms with Gasteiger partial charge in [-0.2, -0.15) is 0 Å². The van der Waals surface area contributed by atoms with Crippen LogP contribution in [-0.4, -0.2) is 37.5 Å². The molecule has 0 unspecified atom stereocenters. The molecule has 6 nitrogen and oxygen atoms in total. The van der Waals surface area contributed by atoms with E-state index in [0.717, 1.165) is 5.56 Å². The monoisotopic (exact) mass is 388 g/mol. The van der Waals surface area contributed by atoms with E-state index in [0.29, 0.717) is 17.0 Å². The third kappa shape index (κ3) is 6.75. The molecule has 2 N–H and O–H groups in total. The molecule has 2 amide bonds. The average Bonchev–Trinajstić information content (AvgIpc) is 2.68. The second-order valence-electron chi connectivity index (χ2n) is 5.85. The van der Waals surface area contributed by atoms with Crippen LogP contribution in [0, 0.1) is 0 Å². The first kappa shape index (κ1) is 20.5. The standard InChI is InChI=1S/C20H21ClN2O4/c1-27-20(26)17(13-14-5-3-2-4-6-14)23-18(24)11-12-22-19(25)15-7-9-16(21)10-8-15/h2-10,17H,11-13H2,1H3,(H,22,25)(H,23,24)/t17-/m0/s1. The highest BCUT2D eigenvalue weighted by molar-refractivity contribution is 6.30. The molecular weight excluding hydrogens is 368 g/mol. The molecule has 0 aromatic heterocycles. The van der Waals surface area contributed by atoms with Crippen molar-refractivity contribution in [2.75, 3.05) is 13.7 Å². The number of ether oxygens (including phenoxy) is 1. The second-order valence-corrected chi connectivity index (χ2v) is 6.28. The Morgan fingerprint density at radius 3 is 2.33 bits per heavy atom. The molecule has 142 valence electrons. The summed E-state index contributed by atoms with van der Waals surface area (Å²) < 4.78 is 4.76. The number of benzene rings is 2. The van der Waals surface area contributed by atoms with Crippen molar-refractivity contribution in [1.82, 2.24) is 10.6 Å². The maximum absolute atomic E-state index is 12.1. The number of esters is 1. The van der Waals surface area contributed by atoms with Crippen LogP contribution in [0.3, 0.4) is 0 Å². The van der Waals surface area contributed by atoms with Gasteiger partial charge in [-0.3, -0.25) is 9.59 Å². The molecule has 0 aliphatic rings. The summed E-state index contributed by atoms with van der Waals surface area (Å²) in [7, 11) is 1.28. The smallest absolute Gasteiger partial charge is 0.328 e. The van der Waals surface area contributed by atoms with Gasteiger partial charge in [-0.05, 0) is 29.8 Å². The van der Waals surface area contributed by atoms with E-state index in [2.05, 4.69) is 10.6 Å². The summed E-state index contributed by atoms with van der Waals surface area (Å²) in [4.78, 5) is 36.1. The van der Waals surface area contributed by atoms with Crippen LogP contribution in [0.5, 0.6) is 0 Å². The predicted molar refractivity (Wildman–Crippen MR) is 102 cm³/mol. The zero-order valence-electron chi connectivity index (χ0n) is 14.9. The Labute approximate surface area is 162 Å². The highest BCUT2D eigenvalue weighted by Gasteiger charge is 2.21. The SMILES string of the molecule is COC(=O)[C@H](Cc1ccccc1)NC(=O)CCNC(=O)c1ccc(Cl)cc1. The van der Waals surface area contributed by atoms with Crippen molar-refractivity contribution in [3.8, 4) is 0 Å². The zero-order valence-corrected chi connectivity index (χ0v) is 15.7. The Kier molecular flexibility index (Phi) is 7.82. The van der Waals surface area contributed by atoms with E-state index in [-0.39, 0.29) is 24.8 Å². The summed E-state index contributed by atoms with van der Waals surface area (Å²) in [5.74, 6) is -1.16. The molecule has 0 aliphatic carbocycles. The molecule has 0 heterocycles. The van der Waals surface area contributed by atoms with Crippen LogP contribution >= 0.6 is 11.6 Å². The Balaban J connectivity index is 1.83. The summed E-state index contributed by atoms with van der Waals surface area (Å²) in [6.45, 7) is 0.145. The lowest BCUT2D eigenvalue weighted by Crippen LogP contribution is -2.44. The molecule has 0 bridgehead atoms. The van der Waals surface area contributed by atoms with Gasteiger partial charge in [0.1, 0.15) is 6.04 Å². The molecule has 1 atom stereocenters. The van der Waals surface area contributed by atoms with Gasteiger partial charge < -0.3 is 15.4 Å². The number of carbonyl (C=O) groups is 3. The highest BCUT2D eigenvalue weighted by atomic mass is 35.5. The first-order chi connectivity index (χ1) is 13.0. The second kappa shape index (κ2) is 10.3. The third-order valence-electron chi connectivity index (χ3n) is 3.85. The van der Waals surface area contributed by atoms with E-state index in [1.807, 2.05) is 30.3 Å². The van der Waals surface area contributed by atoms with Gasteiger partial charge in [0, 0.05) is 30.0 Å². The Hall–Kier alpha value is -2.86. The maximum atomic E-state index is 12.1. The van der Waals surface area contributed by atoms with Crippen molar-refractivity contribution in [1.29, 1.82) is 0 Å². The van der Waals surface area contributed by atoms with Gasteiger partial charge in [0.05, 0.1) is 7.11 Å². The first-order valence-corrected chi connectivity index (χ1v) is 8.82. The average molecular weight is 389 g/mol. The van der Waals surface area contributed by atoms with Crippen LogP contribution in [-0.2, 0) is 20.7 Å².